The molecule has 1 amide bonds. The molecule has 4 rings (SSSR count). The van der Waals surface area contributed by atoms with Crippen LogP contribution < -0.4 is 9.47 Å². The fourth-order valence-electron chi connectivity index (χ4n) is 3.15. The van der Waals surface area contributed by atoms with E-state index in [0.29, 0.717) is 43.4 Å². The Labute approximate surface area is 157 Å². The molecule has 2 aliphatic heterocycles. The van der Waals surface area contributed by atoms with Gasteiger partial charge in [-0.1, -0.05) is 0 Å². The van der Waals surface area contributed by atoms with Crippen molar-refractivity contribution in [1.29, 1.82) is 0 Å². The quantitative estimate of drug-likeness (QED) is 0.788. The molecule has 1 aromatic heterocycles. The molecule has 0 unspecified atom stereocenters. The first-order valence-electron chi connectivity index (χ1n) is 8.77. The number of fused-ring (bicyclic) bond motifs is 1. The van der Waals surface area contributed by atoms with Crippen molar-refractivity contribution in [1.82, 2.24) is 9.21 Å². The Bertz CT molecular complexity index is 917. The van der Waals surface area contributed by atoms with E-state index >= 15 is 0 Å². The van der Waals surface area contributed by atoms with Gasteiger partial charge in [0.05, 0.1) is 29.9 Å². The number of piperazine rings is 1. The second kappa shape index (κ2) is 7.24. The van der Waals surface area contributed by atoms with Crippen molar-refractivity contribution in [2.24, 2.45) is 0 Å². The largest absolute Gasteiger partial charge is 0.490 e. The number of sulfonamides is 1. The average molecular weight is 392 g/mol. The molecule has 0 N–H and O–H groups in total. The van der Waals surface area contributed by atoms with Gasteiger partial charge < -0.3 is 18.8 Å². The van der Waals surface area contributed by atoms with Crippen molar-refractivity contribution in [3.05, 3.63) is 42.4 Å². The van der Waals surface area contributed by atoms with Crippen molar-refractivity contribution in [2.45, 2.75) is 11.3 Å². The molecule has 0 bridgehead atoms. The molecule has 1 aromatic carbocycles. The van der Waals surface area contributed by atoms with Crippen molar-refractivity contribution in [3.8, 4) is 11.5 Å². The lowest BCUT2D eigenvalue weighted by Gasteiger charge is -2.33. The van der Waals surface area contributed by atoms with Crippen LogP contribution in [0.25, 0.3) is 0 Å². The summed E-state index contributed by atoms with van der Waals surface area (Å²) in [5.41, 5.74) is 0.467. The van der Waals surface area contributed by atoms with Gasteiger partial charge in [0.1, 0.15) is 6.26 Å². The molecule has 0 saturated carbocycles. The third-order valence-electron chi connectivity index (χ3n) is 4.65. The van der Waals surface area contributed by atoms with Crippen LogP contribution in [0.4, 0.5) is 0 Å². The van der Waals surface area contributed by atoms with Crippen LogP contribution >= 0.6 is 0 Å². The first-order valence-corrected chi connectivity index (χ1v) is 10.2. The van der Waals surface area contributed by atoms with Gasteiger partial charge in [0.2, 0.25) is 10.0 Å². The van der Waals surface area contributed by atoms with E-state index < -0.39 is 10.0 Å². The number of hydrogen-bond acceptors (Lipinski definition) is 6. The molecule has 3 heterocycles. The molecule has 9 heteroatoms. The normalized spacial score (nSPS) is 18.1. The molecule has 1 saturated heterocycles. The van der Waals surface area contributed by atoms with Gasteiger partial charge in [-0.05, 0) is 18.2 Å². The summed E-state index contributed by atoms with van der Waals surface area (Å²) in [5.74, 6) is 0.848. The SMILES string of the molecule is O=C(c1ccoc1)N1CCN(S(=O)(=O)c2ccc3c(c2)OCCCO3)CC1. The molecular weight excluding hydrogens is 372 g/mol. The van der Waals surface area contributed by atoms with Crippen molar-refractivity contribution in [3.63, 3.8) is 0 Å². The van der Waals surface area contributed by atoms with E-state index in [1.54, 1.807) is 17.0 Å². The fourth-order valence-corrected chi connectivity index (χ4v) is 4.59. The van der Waals surface area contributed by atoms with Gasteiger partial charge in [-0.25, -0.2) is 8.42 Å². The Balaban J connectivity index is 1.47. The predicted molar refractivity (Wildman–Crippen MR) is 95.4 cm³/mol. The number of hydrogen-bond donors (Lipinski definition) is 0. The number of amides is 1. The van der Waals surface area contributed by atoms with Crippen LogP contribution in [0.3, 0.4) is 0 Å². The van der Waals surface area contributed by atoms with Crippen LogP contribution in [0.5, 0.6) is 11.5 Å². The average Bonchev–Trinajstić information content (AvgIpc) is 3.12. The number of rotatable bonds is 3. The van der Waals surface area contributed by atoms with Gasteiger partial charge in [0.25, 0.3) is 5.91 Å². The van der Waals surface area contributed by atoms with E-state index in [2.05, 4.69) is 0 Å². The molecule has 0 atom stereocenters. The zero-order valence-electron chi connectivity index (χ0n) is 14.7. The summed E-state index contributed by atoms with van der Waals surface area (Å²) >= 11 is 0. The van der Waals surface area contributed by atoms with E-state index in [4.69, 9.17) is 13.9 Å². The maximum absolute atomic E-state index is 13.0. The summed E-state index contributed by atoms with van der Waals surface area (Å²) in [7, 11) is -3.67. The van der Waals surface area contributed by atoms with E-state index in [-0.39, 0.29) is 23.9 Å². The Morgan fingerprint density at radius 3 is 2.41 bits per heavy atom. The minimum atomic E-state index is -3.67. The number of ether oxygens (including phenoxy) is 2. The second-order valence-corrected chi connectivity index (χ2v) is 8.31. The van der Waals surface area contributed by atoms with E-state index in [9.17, 15) is 13.2 Å². The Morgan fingerprint density at radius 2 is 1.70 bits per heavy atom. The van der Waals surface area contributed by atoms with Gasteiger partial charge >= 0.3 is 0 Å². The lowest BCUT2D eigenvalue weighted by atomic mass is 10.2. The summed E-state index contributed by atoms with van der Waals surface area (Å²) in [6, 6.07) is 6.28. The van der Waals surface area contributed by atoms with Gasteiger partial charge in [-0.3, -0.25) is 4.79 Å². The van der Waals surface area contributed by atoms with Crippen LogP contribution in [-0.4, -0.2) is 62.9 Å². The lowest BCUT2D eigenvalue weighted by Crippen LogP contribution is -2.50. The third-order valence-corrected chi connectivity index (χ3v) is 6.55. The molecule has 144 valence electrons. The Kier molecular flexibility index (Phi) is 4.79. The molecular formula is C18H20N2O6S. The number of benzene rings is 1. The summed E-state index contributed by atoms with van der Waals surface area (Å²) in [6.07, 6.45) is 3.59. The summed E-state index contributed by atoms with van der Waals surface area (Å²) < 4.78 is 43.4. The summed E-state index contributed by atoms with van der Waals surface area (Å²) in [6.45, 7) is 2.17. The minimum absolute atomic E-state index is 0.156. The maximum atomic E-state index is 13.0. The second-order valence-electron chi connectivity index (χ2n) is 6.37. The zero-order valence-corrected chi connectivity index (χ0v) is 15.5. The first-order chi connectivity index (χ1) is 13.1. The van der Waals surface area contributed by atoms with Crippen LogP contribution in [-0.2, 0) is 10.0 Å². The molecule has 0 radical (unpaired) electrons. The van der Waals surface area contributed by atoms with Crippen LogP contribution in [0.1, 0.15) is 16.8 Å². The Hall–Kier alpha value is -2.52. The molecule has 1 fully saturated rings. The maximum Gasteiger partial charge on any atom is 0.257 e. The summed E-state index contributed by atoms with van der Waals surface area (Å²) in [5, 5.41) is 0. The monoisotopic (exact) mass is 392 g/mol. The van der Waals surface area contributed by atoms with Crippen LogP contribution in [0, 0.1) is 0 Å². The summed E-state index contributed by atoms with van der Waals surface area (Å²) in [4.78, 5) is 14.1. The molecule has 0 spiro atoms. The smallest absolute Gasteiger partial charge is 0.257 e. The molecule has 0 aliphatic carbocycles. The van der Waals surface area contributed by atoms with Gasteiger partial charge in [0, 0.05) is 38.7 Å². The highest BCUT2D eigenvalue weighted by molar-refractivity contribution is 7.89. The van der Waals surface area contributed by atoms with Crippen molar-refractivity contribution >= 4 is 15.9 Å². The van der Waals surface area contributed by atoms with Crippen molar-refractivity contribution < 1.29 is 27.1 Å². The zero-order chi connectivity index (χ0) is 18.9. The molecule has 8 nitrogen and oxygen atoms in total. The number of carbonyl (C=O) groups is 1. The predicted octanol–water partition coefficient (Wildman–Crippen LogP) is 1.59. The topological polar surface area (TPSA) is 89.3 Å². The molecule has 2 aromatic rings. The number of furan rings is 1. The third kappa shape index (κ3) is 3.52. The fraction of sp³-hybridized carbons (Fsp3) is 0.389. The van der Waals surface area contributed by atoms with Crippen LogP contribution in [0.2, 0.25) is 0 Å². The molecule has 2 aliphatic rings. The van der Waals surface area contributed by atoms with Gasteiger partial charge in [0.15, 0.2) is 11.5 Å². The highest BCUT2D eigenvalue weighted by Gasteiger charge is 2.31. The number of nitrogens with zero attached hydrogens (tertiary/aromatic N) is 2. The highest BCUT2D eigenvalue weighted by atomic mass is 32.2. The first kappa shape index (κ1) is 17.9. The van der Waals surface area contributed by atoms with Gasteiger partial charge in [-0.2, -0.15) is 4.31 Å². The Morgan fingerprint density at radius 1 is 0.963 bits per heavy atom. The van der Waals surface area contributed by atoms with E-state index in [1.165, 1.54) is 29.0 Å². The van der Waals surface area contributed by atoms with Crippen molar-refractivity contribution in [2.75, 3.05) is 39.4 Å². The standard InChI is InChI=1S/C18H20N2O6S/c21-18(14-4-11-24-13-14)19-5-7-20(8-6-19)27(22,23)15-2-3-16-17(12-15)26-10-1-9-25-16/h2-4,11-13H,1,5-10H2. The van der Waals surface area contributed by atoms with E-state index in [0.717, 1.165) is 6.42 Å². The van der Waals surface area contributed by atoms with Gasteiger partial charge in [-0.15, -0.1) is 0 Å². The highest BCUT2D eigenvalue weighted by Crippen LogP contribution is 2.33. The lowest BCUT2D eigenvalue weighted by molar-refractivity contribution is 0.0697. The minimum Gasteiger partial charge on any atom is -0.490 e. The number of carbonyl (C=O) groups excluding carboxylic acids is 1. The van der Waals surface area contributed by atoms with Crippen LogP contribution in [0.15, 0.2) is 46.1 Å². The molecule has 27 heavy (non-hydrogen) atoms. The van der Waals surface area contributed by atoms with E-state index in [1.807, 2.05) is 0 Å².